The predicted octanol–water partition coefficient (Wildman–Crippen LogP) is 2.09. The van der Waals surface area contributed by atoms with Crippen molar-refractivity contribution < 1.29 is 14.3 Å². The highest BCUT2D eigenvalue weighted by atomic mass is 16.5. The Kier molecular flexibility index (Phi) is 2.95. The molecule has 0 radical (unpaired) electrons. The van der Waals surface area contributed by atoms with Crippen LogP contribution in [0.15, 0.2) is 24.3 Å². The number of aromatic nitrogens is 1. The van der Waals surface area contributed by atoms with E-state index in [2.05, 4.69) is 9.72 Å². The minimum Gasteiger partial charge on any atom is -0.469 e. The van der Waals surface area contributed by atoms with Gasteiger partial charge in [0.25, 0.3) is 0 Å². The summed E-state index contributed by atoms with van der Waals surface area (Å²) in [4.78, 5) is 26.0. The Hall–Kier alpha value is -2.10. The van der Waals surface area contributed by atoms with Crippen molar-refractivity contribution in [2.75, 3.05) is 7.11 Å². The molecule has 0 spiro atoms. The Morgan fingerprint density at radius 2 is 2.00 bits per heavy atom. The number of nitrogens with one attached hydrogen (secondary N) is 1. The number of para-hydroxylation sites is 1. The number of carbonyl (C=O) groups excluding carboxylic acids is 2. The van der Waals surface area contributed by atoms with E-state index < -0.39 is 0 Å². The van der Waals surface area contributed by atoms with Crippen LogP contribution in [-0.2, 0) is 16.0 Å². The topological polar surface area (TPSA) is 59.2 Å². The van der Waals surface area contributed by atoms with Gasteiger partial charge in [-0.15, -0.1) is 0 Å². The standard InChI is InChI=1S/C13H13NO3/c1-8(15)13-9-5-3-4-6-10(9)14-11(13)7-12(16)17-2/h3-6,14H,7H2,1-2H3. The molecule has 0 saturated carbocycles. The van der Waals surface area contributed by atoms with Crippen LogP contribution in [0.1, 0.15) is 23.0 Å². The molecule has 0 saturated heterocycles. The Balaban J connectivity index is 2.57. The zero-order chi connectivity index (χ0) is 12.4. The van der Waals surface area contributed by atoms with E-state index in [1.807, 2.05) is 24.3 Å². The Morgan fingerprint density at radius 1 is 1.29 bits per heavy atom. The molecule has 0 amide bonds. The van der Waals surface area contributed by atoms with Gasteiger partial charge in [-0.2, -0.15) is 0 Å². The van der Waals surface area contributed by atoms with E-state index in [1.54, 1.807) is 0 Å². The first kappa shape index (κ1) is 11.4. The number of esters is 1. The summed E-state index contributed by atoms with van der Waals surface area (Å²) in [5.41, 5.74) is 2.05. The fourth-order valence-electron chi connectivity index (χ4n) is 1.95. The molecule has 4 nitrogen and oxygen atoms in total. The van der Waals surface area contributed by atoms with E-state index in [4.69, 9.17) is 0 Å². The van der Waals surface area contributed by atoms with Crippen molar-refractivity contribution >= 4 is 22.7 Å². The lowest BCUT2D eigenvalue weighted by molar-refractivity contribution is -0.139. The van der Waals surface area contributed by atoms with E-state index >= 15 is 0 Å². The molecule has 0 aliphatic rings. The van der Waals surface area contributed by atoms with Crippen LogP contribution in [-0.4, -0.2) is 23.8 Å². The molecule has 0 fully saturated rings. The van der Waals surface area contributed by atoms with Crippen LogP contribution in [0.5, 0.6) is 0 Å². The summed E-state index contributed by atoms with van der Waals surface area (Å²) in [6, 6.07) is 7.49. The normalized spacial score (nSPS) is 10.5. The van der Waals surface area contributed by atoms with E-state index in [9.17, 15) is 9.59 Å². The van der Waals surface area contributed by atoms with Crippen molar-refractivity contribution in [2.45, 2.75) is 13.3 Å². The van der Waals surface area contributed by atoms with Crippen molar-refractivity contribution in [3.05, 3.63) is 35.5 Å². The third kappa shape index (κ3) is 2.06. The maximum absolute atomic E-state index is 11.6. The molecule has 1 heterocycles. The third-order valence-electron chi connectivity index (χ3n) is 2.68. The quantitative estimate of drug-likeness (QED) is 0.650. The highest BCUT2D eigenvalue weighted by Crippen LogP contribution is 2.23. The van der Waals surface area contributed by atoms with Gasteiger partial charge in [0.2, 0.25) is 0 Å². The summed E-state index contributed by atoms with van der Waals surface area (Å²) >= 11 is 0. The number of methoxy groups -OCH3 is 1. The van der Waals surface area contributed by atoms with Crippen LogP contribution >= 0.6 is 0 Å². The average Bonchev–Trinajstić information content (AvgIpc) is 2.66. The zero-order valence-corrected chi connectivity index (χ0v) is 9.74. The van der Waals surface area contributed by atoms with Crippen molar-refractivity contribution in [1.29, 1.82) is 0 Å². The molecule has 0 aliphatic carbocycles. The molecule has 2 rings (SSSR count). The van der Waals surface area contributed by atoms with E-state index in [1.165, 1.54) is 14.0 Å². The summed E-state index contributed by atoms with van der Waals surface area (Å²) in [6.07, 6.45) is 0.0834. The smallest absolute Gasteiger partial charge is 0.311 e. The summed E-state index contributed by atoms with van der Waals surface area (Å²) < 4.78 is 4.61. The fourth-order valence-corrected chi connectivity index (χ4v) is 1.95. The minimum absolute atomic E-state index is 0.0543. The van der Waals surface area contributed by atoms with Crippen LogP contribution < -0.4 is 0 Å². The second-order valence-corrected chi connectivity index (χ2v) is 3.83. The first-order valence-electron chi connectivity index (χ1n) is 5.31. The molecule has 17 heavy (non-hydrogen) atoms. The number of carbonyl (C=O) groups is 2. The van der Waals surface area contributed by atoms with E-state index in [0.717, 1.165) is 10.9 Å². The highest BCUT2D eigenvalue weighted by molar-refractivity contribution is 6.08. The largest absolute Gasteiger partial charge is 0.469 e. The SMILES string of the molecule is COC(=O)Cc1[nH]c2ccccc2c1C(C)=O. The predicted molar refractivity (Wildman–Crippen MR) is 64.0 cm³/mol. The van der Waals surface area contributed by atoms with Gasteiger partial charge in [-0.05, 0) is 13.0 Å². The third-order valence-corrected chi connectivity index (χ3v) is 2.68. The first-order valence-corrected chi connectivity index (χ1v) is 5.31. The monoisotopic (exact) mass is 231 g/mol. The van der Waals surface area contributed by atoms with Gasteiger partial charge in [0.1, 0.15) is 0 Å². The van der Waals surface area contributed by atoms with E-state index in [0.29, 0.717) is 11.3 Å². The number of H-pyrrole nitrogens is 1. The van der Waals surface area contributed by atoms with Crippen LogP contribution in [0.3, 0.4) is 0 Å². The van der Waals surface area contributed by atoms with Crippen molar-refractivity contribution in [3.8, 4) is 0 Å². The molecule has 2 aromatic rings. The number of fused-ring (bicyclic) bond motifs is 1. The van der Waals surface area contributed by atoms with Crippen LogP contribution in [0, 0.1) is 0 Å². The number of rotatable bonds is 3. The Bertz CT molecular complexity index is 583. The Morgan fingerprint density at radius 3 is 2.65 bits per heavy atom. The van der Waals surface area contributed by atoms with Gasteiger partial charge in [0, 0.05) is 22.2 Å². The van der Waals surface area contributed by atoms with Crippen molar-refractivity contribution in [3.63, 3.8) is 0 Å². The number of Topliss-reactive ketones (excluding diaryl/α,β-unsaturated/α-hetero) is 1. The number of hydrogen-bond acceptors (Lipinski definition) is 3. The maximum atomic E-state index is 11.6. The van der Waals surface area contributed by atoms with Crippen LogP contribution in [0.4, 0.5) is 0 Å². The molecule has 88 valence electrons. The minimum atomic E-state index is -0.362. The zero-order valence-electron chi connectivity index (χ0n) is 9.74. The van der Waals surface area contributed by atoms with Crippen molar-refractivity contribution in [1.82, 2.24) is 4.98 Å². The number of benzene rings is 1. The average molecular weight is 231 g/mol. The van der Waals surface area contributed by atoms with Gasteiger partial charge in [0.05, 0.1) is 13.5 Å². The molecule has 1 aromatic heterocycles. The second-order valence-electron chi connectivity index (χ2n) is 3.83. The summed E-state index contributed by atoms with van der Waals surface area (Å²) in [5, 5.41) is 0.846. The summed E-state index contributed by atoms with van der Waals surface area (Å²) in [6.45, 7) is 1.50. The van der Waals surface area contributed by atoms with Crippen LogP contribution in [0.2, 0.25) is 0 Å². The summed E-state index contributed by atoms with van der Waals surface area (Å²) in [5.74, 6) is -0.416. The van der Waals surface area contributed by atoms with Gasteiger partial charge in [-0.3, -0.25) is 9.59 Å². The second kappa shape index (κ2) is 4.41. The molecular formula is C13H13NO3. The van der Waals surface area contributed by atoms with Gasteiger partial charge >= 0.3 is 5.97 Å². The molecule has 1 aromatic carbocycles. The van der Waals surface area contributed by atoms with Gasteiger partial charge in [-0.25, -0.2) is 0 Å². The number of aromatic amines is 1. The lowest BCUT2D eigenvalue weighted by Gasteiger charge is -2.00. The number of hydrogen-bond donors (Lipinski definition) is 1. The van der Waals surface area contributed by atoms with Gasteiger partial charge in [-0.1, -0.05) is 18.2 Å². The first-order chi connectivity index (χ1) is 8.13. The van der Waals surface area contributed by atoms with Gasteiger partial charge in [0.15, 0.2) is 5.78 Å². The molecule has 0 aliphatic heterocycles. The maximum Gasteiger partial charge on any atom is 0.311 e. The Labute approximate surface area is 98.6 Å². The highest BCUT2D eigenvalue weighted by Gasteiger charge is 2.17. The molecule has 0 unspecified atom stereocenters. The summed E-state index contributed by atoms with van der Waals surface area (Å²) in [7, 11) is 1.33. The number of ether oxygens (including phenoxy) is 1. The fraction of sp³-hybridized carbons (Fsp3) is 0.231. The number of ketones is 1. The van der Waals surface area contributed by atoms with E-state index in [-0.39, 0.29) is 18.2 Å². The van der Waals surface area contributed by atoms with Crippen molar-refractivity contribution in [2.24, 2.45) is 0 Å². The van der Waals surface area contributed by atoms with Crippen LogP contribution in [0.25, 0.3) is 10.9 Å². The molecule has 1 N–H and O–H groups in total. The molecule has 0 atom stereocenters. The molecular weight excluding hydrogens is 218 g/mol. The van der Waals surface area contributed by atoms with Gasteiger partial charge < -0.3 is 9.72 Å². The molecule has 0 bridgehead atoms. The lowest BCUT2D eigenvalue weighted by atomic mass is 10.1. The lowest BCUT2D eigenvalue weighted by Crippen LogP contribution is -2.08. The molecule has 4 heteroatoms.